The predicted molar refractivity (Wildman–Crippen MR) is 445 cm³/mol. The zero-order valence-corrected chi connectivity index (χ0v) is 69.8. The van der Waals surface area contributed by atoms with Crippen molar-refractivity contribution in [3.05, 3.63) is 134 Å². The molecule has 0 aromatic carbocycles. The summed E-state index contributed by atoms with van der Waals surface area (Å²) < 4.78 is 68.7. The summed E-state index contributed by atoms with van der Waals surface area (Å²) in [5.74, 6) is -2.29. The zero-order chi connectivity index (χ0) is 78.9. The van der Waals surface area contributed by atoms with E-state index in [1.165, 1.54) is 128 Å². The Labute approximate surface area is 656 Å². The lowest BCUT2D eigenvalue weighted by molar-refractivity contribution is -0.161. The maximum Gasteiger partial charge on any atom is 0.472 e. The largest absolute Gasteiger partial charge is 0.472 e. The van der Waals surface area contributed by atoms with Crippen molar-refractivity contribution in [2.45, 2.75) is 367 Å². The molecule has 620 valence electrons. The van der Waals surface area contributed by atoms with Crippen LogP contribution in [0, 0.1) is 0 Å². The number of ether oxygens (including phenoxy) is 4. The molecule has 108 heavy (non-hydrogen) atoms. The second-order valence-electron chi connectivity index (χ2n) is 28.0. The van der Waals surface area contributed by atoms with Crippen LogP contribution in [-0.4, -0.2) is 96.7 Å². The van der Waals surface area contributed by atoms with Gasteiger partial charge in [0.15, 0.2) is 12.2 Å². The normalized spacial score (nSPS) is 14.5. The molecule has 0 saturated heterocycles. The number of phosphoric ester groups is 2. The minimum atomic E-state index is -5.00. The smallest absolute Gasteiger partial charge is 0.462 e. The van der Waals surface area contributed by atoms with Gasteiger partial charge in [-0.2, -0.15) is 0 Å². The average Bonchev–Trinajstić information content (AvgIpc) is 0.899. The Morgan fingerprint density at radius 1 is 0.269 bits per heavy atom. The Kier molecular flexibility index (Phi) is 76.7. The molecule has 0 saturated carbocycles. The number of rotatable bonds is 79. The molecule has 0 bridgehead atoms. The average molecular weight is 1560 g/mol. The third kappa shape index (κ3) is 79.3. The summed E-state index contributed by atoms with van der Waals surface area (Å²) in [6.07, 6.45) is 91.5. The number of unbranched alkanes of at least 4 members (excludes halogenated alkanes) is 31. The molecule has 0 heterocycles. The molecule has 0 spiro atoms. The van der Waals surface area contributed by atoms with Gasteiger partial charge >= 0.3 is 39.5 Å². The number of aliphatic hydroxyl groups excluding tert-OH is 1. The lowest BCUT2D eigenvalue weighted by Crippen LogP contribution is -2.30. The van der Waals surface area contributed by atoms with Crippen LogP contribution < -0.4 is 0 Å². The monoisotopic (exact) mass is 1560 g/mol. The quantitative estimate of drug-likeness (QED) is 0.0169. The molecular weight excluding hydrogens is 1400 g/mol. The van der Waals surface area contributed by atoms with Gasteiger partial charge in [-0.3, -0.25) is 37.3 Å². The van der Waals surface area contributed by atoms with Gasteiger partial charge in [-0.05, 0) is 109 Å². The first-order valence-corrected chi connectivity index (χ1v) is 45.4. The fourth-order valence-electron chi connectivity index (χ4n) is 11.3. The number of aliphatic hydroxyl groups is 1. The highest BCUT2D eigenvalue weighted by Gasteiger charge is 2.30. The number of phosphoric acid groups is 2. The molecule has 2 unspecified atom stereocenters. The lowest BCUT2D eigenvalue weighted by Gasteiger charge is -2.21. The number of allylic oxidation sites excluding steroid dienone is 22. The van der Waals surface area contributed by atoms with Crippen LogP contribution in [0.4, 0.5) is 0 Å². The Morgan fingerprint density at radius 3 is 0.796 bits per heavy atom. The van der Waals surface area contributed by atoms with E-state index in [9.17, 15) is 43.2 Å². The second kappa shape index (κ2) is 80.3. The molecule has 0 aliphatic rings. The minimum Gasteiger partial charge on any atom is -0.462 e. The van der Waals surface area contributed by atoms with Crippen molar-refractivity contribution in [1.82, 2.24) is 0 Å². The minimum absolute atomic E-state index is 0.0310. The SMILES string of the molecule is CC/C=C\C/C=C\C/C=C\C/C=C\C/C=C\C/C=C\CCC(=O)O[C@H](COC(=O)CCCCCCCCCCCCCCCCC)COP(=O)(O)OC[C@H](O)COP(=O)(O)OC[C@@H](COC(=O)CCCCC/C=C\C/C=C\C/C=C\C/C=C\C/C=C\CC)OC(=O)CCCCCCCCCCCCCCCCC. The fraction of sp³-hybridized carbons (Fsp3) is 0.708. The number of esters is 4. The molecule has 0 radical (unpaired) electrons. The van der Waals surface area contributed by atoms with Crippen molar-refractivity contribution in [2.75, 3.05) is 39.6 Å². The van der Waals surface area contributed by atoms with Gasteiger partial charge in [0, 0.05) is 25.7 Å². The zero-order valence-electron chi connectivity index (χ0n) is 68.0. The first-order chi connectivity index (χ1) is 52.7. The van der Waals surface area contributed by atoms with Crippen LogP contribution in [0.5, 0.6) is 0 Å². The summed E-state index contributed by atoms with van der Waals surface area (Å²) in [5.41, 5.74) is 0. The van der Waals surface area contributed by atoms with Crippen LogP contribution in [0.25, 0.3) is 0 Å². The van der Waals surface area contributed by atoms with E-state index >= 15 is 0 Å². The molecule has 0 aliphatic carbocycles. The summed E-state index contributed by atoms with van der Waals surface area (Å²) in [6, 6.07) is 0. The van der Waals surface area contributed by atoms with Crippen LogP contribution in [0.1, 0.15) is 349 Å². The second-order valence-corrected chi connectivity index (χ2v) is 30.9. The van der Waals surface area contributed by atoms with Crippen LogP contribution in [-0.2, 0) is 65.4 Å². The molecule has 5 atom stereocenters. The van der Waals surface area contributed by atoms with Crippen LogP contribution >= 0.6 is 15.6 Å². The maximum absolute atomic E-state index is 13.1. The first-order valence-electron chi connectivity index (χ1n) is 42.4. The summed E-state index contributed by atoms with van der Waals surface area (Å²) in [7, 11) is -10.00. The fourth-order valence-corrected chi connectivity index (χ4v) is 12.9. The Hall–Kier alpha value is -4.80. The molecule has 0 amide bonds. The van der Waals surface area contributed by atoms with Crippen molar-refractivity contribution in [3.8, 4) is 0 Å². The highest BCUT2D eigenvalue weighted by Crippen LogP contribution is 2.45. The predicted octanol–water partition coefficient (Wildman–Crippen LogP) is 25.2. The number of hydrogen-bond acceptors (Lipinski definition) is 15. The van der Waals surface area contributed by atoms with Crippen molar-refractivity contribution < 1.29 is 80.2 Å². The van der Waals surface area contributed by atoms with E-state index in [2.05, 4.69) is 143 Å². The third-order valence-corrected chi connectivity index (χ3v) is 19.6. The lowest BCUT2D eigenvalue weighted by atomic mass is 10.0. The van der Waals surface area contributed by atoms with Crippen LogP contribution in [0.3, 0.4) is 0 Å². The molecule has 3 N–H and O–H groups in total. The molecular formula is C89H152O17P2. The van der Waals surface area contributed by atoms with Gasteiger partial charge < -0.3 is 33.8 Å². The molecule has 0 aliphatic heterocycles. The van der Waals surface area contributed by atoms with E-state index in [-0.39, 0.29) is 25.7 Å². The van der Waals surface area contributed by atoms with Gasteiger partial charge in [0.1, 0.15) is 19.3 Å². The molecule has 19 heteroatoms. The highest BCUT2D eigenvalue weighted by molar-refractivity contribution is 7.47. The number of carbonyl (C=O) groups is 4. The van der Waals surface area contributed by atoms with E-state index in [1.54, 1.807) is 0 Å². The van der Waals surface area contributed by atoms with Gasteiger partial charge in [0.05, 0.1) is 26.4 Å². The summed E-state index contributed by atoms with van der Waals surface area (Å²) >= 11 is 0. The summed E-state index contributed by atoms with van der Waals surface area (Å²) in [4.78, 5) is 73.2. The van der Waals surface area contributed by atoms with Gasteiger partial charge in [0.2, 0.25) is 0 Å². The number of hydrogen-bond donors (Lipinski definition) is 3. The van der Waals surface area contributed by atoms with Crippen molar-refractivity contribution in [2.24, 2.45) is 0 Å². The van der Waals surface area contributed by atoms with Crippen LogP contribution in [0.15, 0.2) is 134 Å². The van der Waals surface area contributed by atoms with Crippen molar-refractivity contribution >= 4 is 39.5 Å². The van der Waals surface area contributed by atoms with E-state index in [0.717, 1.165) is 135 Å². The van der Waals surface area contributed by atoms with Crippen molar-refractivity contribution in [3.63, 3.8) is 0 Å². The van der Waals surface area contributed by atoms with Crippen molar-refractivity contribution in [1.29, 1.82) is 0 Å². The van der Waals surface area contributed by atoms with E-state index in [4.69, 9.17) is 37.0 Å². The Morgan fingerprint density at radius 2 is 0.500 bits per heavy atom. The molecule has 0 rings (SSSR count). The summed E-state index contributed by atoms with van der Waals surface area (Å²) in [5, 5.41) is 10.7. The Bertz CT molecular complexity index is 2560. The van der Waals surface area contributed by atoms with Crippen LogP contribution in [0.2, 0.25) is 0 Å². The molecule has 17 nitrogen and oxygen atoms in total. The van der Waals surface area contributed by atoms with Gasteiger partial charge in [0.25, 0.3) is 0 Å². The van der Waals surface area contributed by atoms with Gasteiger partial charge in [-0.15, -0.1) is 0 Å². The molecule has 0 aromatic rings. The topological polar surface area (TPSA) is 237 Å². The first kappa shape index (κ1) is 103. The van der Waals surface area contributed by atoms with E-state index in [1.807, 2.05) is 18.2 Å². The van der Waals surface area contributed by atoms with E-state index in [0.29, 0.717) is 32.1 Å². The van der Waals surface area contributed by atoms with E-state index < -0.39 is 97.5 Å². The van der Waals surface area contributed by atoms with Gasteiger partial charge in [-0.25, -0.2) is 9.13 Å². The Balaban J connectivity index is 5.45. The molecule has 0 aromatic heterocycles. The maximum atomic E-state index is 13.1. The highest BCUT2D eigenvalue weighted by atomic mass is 31.2. The third-order valence-electron chi connectivity index (χ3n) is 17.7. The summed E-state index contributed by atoms with van der Waals surface area (Å²) in [6.45, 7) is 4.58. The van der Waals surface area contributed by atoms with Gasteiger partial charge in [-0.1, -0.05) is 348 Å². The number of carbonyl (C=O) groups excluding carboxylic acids is 4. The standard InChI is InChI=1S/C89H152O17P2/c1-5-9-13-17-21-25-29-33-37-39-41-43-47-50-54-58-62-66-70-74-87(92)100-80-84(105-88(93)75-71-67-63-59-55-51-46-36-32-28-24-20-16-12-8-4)81-103-107(95,96)101-77-83(90)78-102-108(97,98)104-82-85(79-99-86(91)73-69-65-61-57-53-49-45-35-31-27-23-19-15-11-7-3)106-89(94)76-72-68-64-60-56-52-48-44-42-40-38-34-30-26-22-18-14-10-6-2/h9-10,13-14,21-22,25-26,33-34,37-38,41-44,50,52,54,56,64,68,83-85,90H,5-8,11-12,15-20,23-24,27-32,35-36,39-40,45-49,51,53,55,57-63,65-67,69-82H2,1-4H3,(H,95,96)(H,97,98)/b13-9-,14-10-,25-21-,26-22-,37-33-,38-34-,43-41-,44-42-,54-50-,56-52-,68-64-/t83-,84-,85-/m1/s1. The molecule has 0 fully saturated rings.